The number of carbonyl (C=O) groups is 1. The van der Waals surface area contributed by atoms with Crippen LogP contribution in [0.3, 0.4) is 0 Å². The third-order valence-electron chi connectivity index (χ3n) is 4.25. The summed E-state index contributed by atoms with van der Waals surface area (Å²) in [7, 11) is 0. The van der Waals surface area contributed by atoms with E-state index in [1.165, 1.54) is 5.56 Å². The molecule has 2 aromatic carbocycles. The number of carbonyl (C=O) groups excluding carboxylic acids is 1. The highest BCUT2D eigenvalue weighted by atomic mass is 16.3. The predicted molar refractivity (Wildman–Crippen MR) is 86.5 cm³/mol. The van der Waals surface area contributed by atoms with E-state index in [4.69, 9.17) is 0 Å². The van der Waals surface area contributed by atoms with Crippen molar-refractivity contribution >= 4 is 5.91 Å². The van der Waals surface area contributed by atoms with Gasteiger partial charge in [-0.1, -0.05) is 60.7 Å². The van der Waals surface area contributed by atoms with Crippen molar-refractivity contribution < 1.29 is 9.90 Å². The summed E-state index contributed by atoms with van der Waals surface area (Å²) in [6.45, 7) is -0.0383. The number of hydrogen-bond acceptors (Lipinski definition) is 2. The second kappa shape index (κ2) is 6.75. The summed E-state index contributed by atoms with van der Waals surface area (Å²) >= 11 is 0. The van der Waals surface area contributed by atoms with Gasteiger partial charge >= 0.3 is 0 Å². The van der Waals surface area contributed by atoms with E-state index in [1.807, 2.05) is 48.5 Å². The van der Waals surface area contributed by atoms with Crippen LogP contribution >= 0.6 is 0 Å². The molecule has 0 saturated heterocycles. The van der Waals surface area contributed by atoms with E-state index in [2.05, 4.69) is 17.4 Å². The van der Waals surface area contributed by atoms with E-state index in [1.54, 1.807) is 0 Å². The smallest absolute Gasteiger partial charge is 0.224 e. The summed E-state index contributed by atoms with van der Waals surface area (Å²) < 4.78 is 0. The van der Waals surface area contributed by atoms with E-state index in [0.717, 1.165) is 12.0 Å². The van der Waals surface area contributed by atoms with Gasteiger partial charge in [-0.15, -0.1) is 0 Å². The third kappa shape index (κ3) is 3.55. The van der Waals surface area contributed by atoms with Gasteiger partial charge in [-0.3, -0.25) is 4.79 Å². The van der Waals surface area contributed by atoms with Gasteiger partial charge in [-0.25, -0.2) is 0 Å². The van der Waals surface area contributed by atoms with Crippen LogP contribution in [0.15, 0.2) is 60.7 Å². The zero-order valence-electron chi connectivity index (χ0n) is 12.5. The number of rotatable bonds is 6. The zero-order valence-corrected chi connectivity index (χ0v) is 12.5. The molecule has 1 amide bonds. The lowest BCUT2D eigenvalue weighted by atomic mass is 10.1. The average molecular weight is 295 g/mol. The highest BCUT2D eigenvalue weighted by molar-refractivity contribution is 5.83. The molecule has 1 saturated carbocycles. The number of hydrogen-bond donors (Lipinski definition) is 2. The fourth-order valence-electron chi connectivity index (χ4n) is 2.92. The van der Waals surface area contributed by atoms with Crippen molar-refractivity contribution in [2.24, 2.45) is 5.92 Å². The largest absolute Gasteiger partial charge is 0.394 e. The van der Waals surface area contributed by atoms with Crippen molar-refractivity contribution in [1.29, 1.82) is 0 Å². The van der Waals surface area contributed by atoms with Gasteiger partial charge < -0.3 is 10.4 Å². The maximum Gasteiger partial charge on any atom is 0.224 e. The number of aliphatic hydroxyl groups excluding tert-OH is 1. The van der Waals surface area contributed by atoms with Crippen molar-refractivity contribution in [3.63, 3.8) is 0 Å². The molecule has 1 aliphatic rings. The summed E-state index contributed by atoms with van der Waals surface area (Å²) in [4.78, 5) is 12.3. The molecule has 0 aliphatic heterocycles. The first-order chi connectivity index (χ1) is 10.8. The Morgan fingerprint density at radius 2 is 1.73 bits per heavy atom. The lowest BCUT2D eigenvalue weighted by Crippen LogP contribution is -2.40. The van der Waals surface area contributed by atoms with Gasteiger partial charge in [0.2, 0.25) is 5.91 Å². The second-order valence-corrected chi connectivity index (χ2v) is 5.94. The summed E-state index contributed by atoms with van der Waals surface area (Å²) in [6, 6.07) is 19.9. The molecule has 22 heavy (non-hydrogen) atoms. The molecule has 114 valence electrons. The lowest BCUT2D eigenvalue weighted by molar-refractivity contribution is -0.123. The minimum Gasteiger partial charge on any atom is -0.394 e. The average Bonchev–Trinajstić information content (AvgIpc) is 3.37. The SMILES string of the molecule is O=C(NC(CO)Cc1ccccc1)[C@@H]1C[C@H]1c1ccccc1. The first-order valence-corrected chi connectivity index (χ1v) is 7.78. The van der Waals surface area contributed by atoms with Crippen LogP contribution in [0.1, 0.15) is 23.5 Å². The first-order valence-electron chi connectivity index (χ1n) is 7.78. The summed E-state index contributed by atoms with van der Waals surface area (Å²) in [5, 5.41) is 12.5. The Labute approximate surface area is 131 Å². The molecule has 0 bridgehead atoms. The van der Waals surface area contributed by atoms with Gasteiger partial charge in [-0.05, 0) is 29.9 Å². The van der Waals surface area contributed by atoms with Crippen LogP contribution in [0.2, 0.25) is 0 Å². The summed E-state index contributed by atoms with van der Waals surface area (Å²) in [5.74, 6) is 0.438. The van der Waals surface area contributed by atoms with Crippen molar-refractivity contribution in [1.82, 2.24) is 5.32 Å². The first kappa shape index (κ1) is 14.8. The van der Waals surface area contributed by atoms with Gasteiger partial charge in [-0.2, -0.15) is 0 Å². The quantitative estimate of drug-likeness (QED) is 0.860. The zero-order chi connectivity index (χ0) is 15.4. The Bertz CT molecular complexity index is 612. The van der Waals surface area contributed by atoms with Gasteiger partial charge in [0.1, 0.15) is 0 Å². The Kier molecular flexibility index (Phi) is 4.54. The molecule has 3 rings (SSSR count). The fourth-order valence-corrected chi connectivity index (χ4v) is 2.92. The van der Waals surface area contributed by atoms with Crippen molar-refractivity contribution in [2.75, 3.05) is 6.61 Å². The maximum absolute atomic E-state index is 12.3. The predicted octanol–water partition coefficient (Wildman–Crippen LogP) is 2.51. The highest BCUT2D eigenvalue weighted by Gasteiger charge is 2.44. The van der Waals surface area contributed by atoms with E-state index < -0.39 is 0 Å². The minimum atomic E-state index is -0.216. The molecule has 0 spiro atoms. The molecular formula is C19H21NO2. The molecule has 3 heteroatoms. The molecule has 3 nitrogen and oxygen atoms in total. The molecule has 1 unspecified atom stereocenters. The van der Waals surface area contributed by atoms with E-state index in [9.17, 15) is 9.90 Å². The molecule has 2 N–H and O–H groups in total. The van der Waals surface area contributed by atoms with Gasteiger partial charge in [0.05, 0.1) is 12.6 Å². The van der Waals surface area contributed by atoms with Gasteiger partial charge in [0.25, 0.3) is 0 Å². The van der Waals surface area contributed by atoms with Crippen LogP contribution in [-0.2, 0) is 11.2 Å². The molecule has 1 fully saturated rings. The Hall–Kier alpha value is -2.13. The fraction of sp³-hybridized carbons (Fsp3) is 0.316. The maximum atomic E-state index is 12.3. The standard InChI is InChI=1S/C19H21NO2/c21-13-16(11-14-7-3-1-4-8-14)20-19(22)18-12-17(18)15-9-5-2-6-10-15/h1-10,16-18,21H,11-13H2,(H,20,22)/t16?,17-,18+/m0/s1. The molecule has 0 radical (unpaired) electrons. The van der Waals surface area contributed by atoms with Crippen LogP contribution in [0.5, 0.6) is 0 Å². The van der Waals surface area contributed by atoms with Crippen LogP contribution < -0.4 is 5.32 Å². The number of aliphatic hydroxyl groups is 1. The second-order valence-electron chi connectivity index (χ2n) is 5.94. The number of nitrogens with one attached hydrogen (secondary N) is 1. The van der Waals surface area contributed by atoms with Crippen LogP contribution in [-0.4, -0.2) is 23.7 Å². The van der Waals surface area contributed by atoms with Gasteiger partial charge in [0, 0.05) is 5.92 Å². The molecular weight excluding hydrogens is 274 g/mol. The van der Waals surface area contributed by atoms with Gasteiger partial charge in [0.15, 0.2) is 0 Å². The van der Waals surface area contributed by atoms with E-state index in [0.29, 0.717) is 12.3 Å². The highest BCUT2D eigenvalue weighted by Crippen LogP contribution is 2.47. The van der Waals surface area contributed by atoms with Crippen LogP contribution in [0.4, 0.5) is 0 Å². The van der Waals surface area contributed by atoms with Crippen LogP contribution in [0.25, 0.3) is 0 Å². The minimum absolute atomic E-state index is 0.0383. The van der Waals surface area contributed by atoms with Crippen molar-refractivity contribution in [3.05, 3.63) is 71.8 Å². The van der Waals surface area contributed by atoms with E-state index in [-0.39, 0.29) is 24.5 Å². The normalized spacial score (nSPS) is 21.1. The third-order valence-corrected chi connectivity index (χ3v) is 4.25. The van der Waals surface area contributed by atoms with E-state index >= 15 is 0 Å². The molecule has 0 aromatic heterocycles. The lowest BCUT2D eigenvalue weighted by Gasteiger charge is -2.16. The molecule has 3 atom stereocenters. The van der Waals surface area contributed by atoms with Crippen molar-refractivity contribution in [3.8, 4) is 0 Å². The monoisotopic (exact) mass is 295 g/mol. The summed E-state index contributed by atoms with van der Waals surface area (Å²) in [6.07, 6.45) is 1.56. The van der Waals surface area contributed by atoms with Crippen LogP contribution in [0, 0.1) is 5.92 Å². The number of benzene rings is 2. The Morgan fingerprint density at radius 1 is 1.09 bits per heavy atom. The summed E-state index contributed by atoms with van der Waals surface area (Å²) in [5.41, 5.74) is 2.35. The topological polar surface area (TPSA) is 49.3 Å². The Balaban J connectivity index is 1.55. The molecule has 2 aromatic rings. The number of amides is 1. The molecule has 0 heterocycles. The van der Waals surface area contributed by atoms with Crippen molar-refractivity contribution in [2.45, 2.75) is 24.8 Å². The molecule has 1 aliphatic carbocycles. The Morgan fingerprint density at radius 3 is 2.36 bits per heavy atom.